The number of carboxylic acids is 1. The zero-order valence-corrected chi connectivity index (χ0v) is 12.9. The molecule has 7 nitrogen and oxygen atoms in total. The molecular weight excluding hydrogens is 300 g/mol. The summed E-state index contributed by atoms with van der Waals surface area (Å²) in [6.45, 7) is 4.07. The Morgan fingerprint density at radius 1 is 1.30 bits per heavy atom. The van der Waals surface area contributed by atoms with Crippen molar-refractivity contribution in [3.63, 3.8) is 0 Å². The highest BCUT2D eigenvalue weighted by Crippen LogP contribution is 2.09. The van der Waals surface area contributed by atoms with Gasteiger partial charge in [-0.2, -0.15) is 0 Å². The van der Waals surface area contributed by atoms with Gasteiger partial charge < -0.3 is 19.8 Å². The molecule has 0 aromatic carbocycles. The number of H-pyrrole nitrogens is 1. The van der Waals surface area contributed by atoms with E-state index in [1.165, 1.54) is 18.2 Å². The van der Waals surface area contributed by atoms with Crippen LogP contribution in [0, 0.1) is 5.92 Å². The molecule has 3 N–H and O–H groups in total. The van der Waals surface area contributed by atoms with E-state index in [1.807, 2.05) is 13.8 Å². The normalized spacial score (nSPS) is 10.7. The van der Waals surface area contributed by atoms with Crippen molar-refractivity contribution in [2.45, 2.75) is 26.8 Å². The molecule has 0 saturated carbocycles. The Kier molecular flexibility index (Phi) is 5.00. The van der Waals surface area contributed by atoms with Gasteiger partial charge in [0.15, 0.2) is 0 Å². The highest BCUT2D eigenvalue weighted by molar-refractivity contribution is 5.94. The van der Waals surface area contributed by atoms with Gasteiger partial charge in [-0.1, -0.05) is 13.8 Å². The fourth-order valence-electron chi connectivity index (χ4n) is 2.14. The van der Waals surface area contributed by atoms with Crippen LogP contribution in [0.3, 0.4) is 0 Å². The molecule has 2 heterocycles. The number of aromatic amines is 1. The molecule has 0 unspecified atom stereocenters. The summed E-state index contributed by atoms with van der Waals surface area (Å²) in [5.41, 5.74) is 0.623. The Balaban J connectivity index is 2.06. The van der Waals surface area contributed by atoms with Gasteiger partial charge in [-0.05, 0) is 30.5 Å². The number of furan rings is 1. The summed E-state index contributed by atoms with van der Waals surface area (Å²) in [5.74, 6) is -1.11. The number of pyridine rings is 1. The summed E-state index contributed by atoms with van der Waals surface area (Å²) in [4.78, 5) is 37.2. The molecule has 2 aromatic rings. The quantitative estimate of drug-likeness (QED) is 0.751. The third-order valence-electron chi connectivity index (χ3n) is 3.09. The van der Waals surface area contributed by atoms with E-state index in [4.69, 9.17) is 9.52 Å². The van der Waals surface area contributed by atoms with E-state index in [0.29, 0.717) is 23.8 Å². The molecule has 0 spiro atoms. The van der Waals surface area contributed by atoms with Crippen LogP contribution in [0.25, 0.3) is 0 Å². The van der Waals surface area contributed by atoms with Gasteiger partial charge in [0.2, 0.25) is 11.3 Å². The van der Waals surface area contributed by atoms with Crippen molar-refractivity contribution in [2.75, 3.05) is 0 Å². The molecule has 0 radical (unpaired) electrons. The second-order valence-corrected chi connectivity index (χ2v) is 5.61. The van der Waals surface area contributed by atoms with Crippen molar-refractivity contribution in [2.24, 2.45) is 5.92 Å². The number of aromatic carboxylic acids is 1. The molecule has 2 rings (SSSR count). The second-order valence-electron chi connectivity index (χ2n) is 5.61. The van der Waals surface area contributed by atoms with Crippen LogP contribution in [0.4, 0.5) is 0 Å². The maximum atomic E-state index is 12.1. The predicted molar refractivity (Wildman–Crippen MR) is 82.4 cm³/mol. The van der Waals surface area contributed by atoms with Crippen LogP contribution in [0.1, 0.15) is 46.2 Å². The molecule has 122 valence electrons. The van der Waals surface area contributed by atoms with Gasteiger partial charge in [-0.25, -0.2) is 4.79 Å². The Bertz CT molecular complexity index is 773. The van der Waals surface area contributed by atoms with Gasteiger partial charge in [0.25, 0.3) is 5.91 Å². The van der Waals surface area contributed by atoms with Gasteiger partial charge in [0, 0.05) is 17.3 Å². The monoisotopic (exact) mass is 318 g/mol. The summed E-state index contributed by atoms with van der Waals surface area (Å²) in [5, 5.41) is 11.4. The van der Waals surface area contributed by atoms with E-state index in [9.17, 15) is 14.4 Å². The zero-order chi connectivity index (χ0) is 17.0. The average molecular weight is 318 g/mol. The topological polar surface area (TPSA) is 112 Å². The molecule has 7 heteroatoms. The standard InChI is InChI=1S/C16H18N2O5/c1-9(2)5-11-6-10(7-14(19)18-11)15(20)17-8-12-3-4-13(23-12)16(21)22/h3-4,6-7,9H,5,8H2,1-2H3,(H,17,20)(H,18,19)(H,21,22). The zero-order valence-electron chi connectivity index (χ0n) is 12.9. The van der Waals surface area contributed by atoms with E-state index in [0.717, 1.165) is 0 Å². The first kappa shape index (κ1) is 16.5. The van der Waals surface area contributed by atoms with Crippen LogP contribution >= 0.6 is 0 Å². The van der Waals surface area contributed by atoms with Crippen molar-refractivity contribution in [1.82, 2.24) is 10.3 Å². The van der Waals surface area contributed by atoms with E-state index in [2.05, 4.69) is 10.3 Å². The highest BCUT2D eigenvalue weighted by Gasteiger charge is 2.12. The maximum Gasteiger partial charge on any atom is 0.371 e. The van der Waals surface area contributed by atoms with Crippen LogP contribution in [0.5, 0.6) is 0 Å². The minimum absolute atomic E-state index is 0.0401. The Labute approximate surface area is 132 Å². The number of carbonyl (C=O) groups excluding carboxylic acids is 1. The van der Waals surface area contributed by atoms with Gasteiger partial charge in [0.1, 0.15) is 5.76 Å². The lowest BCUT2D eigenvalue weighted by Crippen LogP contribution is -2.25. The number of amides is 1. The van der Waals surface area contributed by atoms with E-state index in [-0.39, 0.29) is 23.4 Å². The van der Waals surface area contributed by atoms with Gasteiger partial charge in [-0.15, -0.1) is 0 Å². The van der Waals surface area contributed by atoms with Gasteiger partial charge in [0.05, 0.1) is 6.54 Å². The lowest BCUT2D eigenvalue weighted by Gasteiger charge is -2.07. The molecule has 0 fully saturated rings. The average Bonchev–Trinajstić information content (AvgIpc) is 2.92. The smallest absolute Gasteiger partial charge is 0.371 e. The van der Waals surface area contributed by atoms with Crippen molar-refractivity contribution >= 4 is 11.9 Å². The molecule has 0 atom stereocenters. The first-order valence-corrected chi connectivity index (χ1v) is 7.18. The third kappa shape index (κ3) is 4.57. The Morgan fingerprint density at radius 3 is 2.65 bits per heavy atom. The van der Waals surface area contributed by atoms with E-state index < -0.39 is 11.9 Å². The Morgan fingerprint density at radius 2 is 2.04 bits per heavy atom. The Hall–Kier alpha value is -2.83. The second kappa shape index (κ2) is 6.95. The molecule has 0 bridgehead atoms. The number of hydrogen-bond acceptors (Lipinski definition) is 4. The number of aromatic nitrogens is 1. The summed E-state index contributed by atoms with van der Waals surface area (Å²) in [7, 11) is 0. The predicted octanol–water partition coefficient (Wildman–Crippen LogP) is 1.79. The van der Waals surface area contributed by atoms with E-state index in [1.54, 1.807) is 6.07 Å². The van der Waals surface area contributed by atoms with Crippen LogP contribution < -0.4 is 10.9 Å². The fourth-order valence-corrected chi connectivity index (χ4v) is 2.14. The lowest BCUT2D eigenvalue weighted by molar-refractivity contribution is 0.0660. The first-order valence-electron chi connectivity index (χ1n) is 7.18. The number of carbonyl (C=O) groups is 2. The van der Waals surface area contributed by atoms with Crippen molar-refractivity contribution < 1.29 is 19.1 Å². The summed E-state index contributed by atoms with van der Waals surface area (Å²) in [6.07, 6.45) is 0.663. The molecular formula is C16H18N2O5. The highest BCUT2D eigenvalue weighted by atomic mass is 16.4. The minimum atomic E-state index is -1.17. The lowest BCUT2D eigenvalue weighted by atomic mass is 10.1. The van der Waals surface area contributed by atoms with Crippen LogP contribution in [-0.4, -0.2) is 22.0 Å². The summed E-state index contributed by atoms with van der Waals surface area (Å²) >= 11 is 0. The van der Waals surface area contributed by atoms with Crippen molar-refractivity contribution in [3.8, 4) is 0 Å². The summed E-state index contributed by atoms with van der Waals surface area (Å²) in [6, 6.07) is 5.66. The minimum Gasteiger partial charge on any atom is -0.475 e. The molecule has 23 heavy (non-hydrogen) atoms. The molecule has 0 aliphatic heterocycles. The SMILES string of the molecule is CC(C)Cc1cc(C(=O)NCc2ccc(C(=O)O)o2)cc(=O)[nH]1. The van der Waals surface area contributed by atoms with Gasteiger partial charge >= 0.3 is 5.97 Å². The maximum absolute atomic E-state index is 12.1. The molecule has 0 aliphatic carbocycles. The van der Waals surface area contributed by atoms with Crippen LogP contribution in [0.15, 0.2) is 33.5 Å². The number of carboxylic acid groups (broad SMARTS) is 1. The van der Waals surface area contributed by atoms with E-state index >= 15 is 0 Å². The molecule has 0 aliphatic rings. The largest absolute Gasteiger partial charge is 0.475 e. The van der Waals surface area contributed by atoms with Crippen molar-refractivity contribution in [1.29, 1.82) is 0 Å². The van der Waals surface area contributed by atoms with Crippen LogP contribution in [-0.2, 0) is 13.0 Å². The third-order valence-corrected chi connectivity index (χ3v) is 3.09. The van der Waals surface area contributed by atoms with Crippen LogP contribution in [0.2, 0.25) is 0 Å². The molecule has 1 amide bonds. The van der Waals surface area contributed by atoms with Gasteiger partial charge in [-0.3, -0.25) is 9.59 Å². The fraction of sp³-hybridized carbons (Fsp3) is 0.312. The number of nitrogens with one attached hydrogen (secondary N) is 2. The number of rotatable bonds is 6. The molecule has 2 aromatic heterocycles. The first-order chi connectivity index (χ1) is 10.8. The summed E-state index contributed by atoms with van der Waals surface area (Å²) < 4.78 is 5.05. The number of hydrogen-bond donors (Lipinski definition) is 3. The van der Waals surface area contributed by atoms with Crippen molar-refractivity contribution in [3.05, 3.63) is 57.4 Å². The molecule has 0 saturated heterocycles.